The molecule has 0 aliphatic carbocycles. The molecule has 1 saturated heterocycles. The Bertz CT molecular complexity index is 1070. The molecule has 0 atom stereocenters. The molecule has 3 aromatic rings. The molecule has 2 aromatic carbocycles. The molecule has 0 spiro atoms. The lowest BCUT2D eigenvalue weighted by molar-refractivity contribution is -0.133. The molecular formula is C25H30N4O3. The number of rotatable bonds is 6. The Kier molecular flexibility index (Phi) is 6.75. The fraction of sp³-hybridized carbons (Fsp3) is 0.360. The molecule has 0 bridgehead atoms. The summed E-state index contributed by atoms with van der Waals surface area (Å²) in [5.74, 6) is 1.06. The Hall–Kier alpha value is -3.32. The monoisotopic (exact) mass is 434 g/mol. The molecule has 7 heteroatoms. The summed E-state index contributed by atoms with van der Waals surface area (Å²) in [4.78, 5) is 31.0. The highest BCUT2D eigenvalue weighted by molar-refractivity contribution is 5.89. The van der Waals surface area contributed by atoms with Crippen LogP contribution in [-0.2, 0) is 17.8 Å². The second kappa shape index (κ2) is 9.87. The number of piperazine rings is 1. The van der Waals surface area contributed by atoms with Crippen LogP contribution >= 0.6 is 0 Å². The molecule has 168 valence electrons. The molecular weight excluding hydrogens is 404 g/mol. The van der Waals surface area contributed by atoms with Gasteiger partial charge in [-0.3, -0.25) is 9.69 Å². The first kappa shape index (κ1) is 21.9. The smallest absolute Gasteiger partial charge is 0.321 e. The van der Waals surface area contributed by atoms with Crippen molar-refractivity contribution in [3.63, 3.8) is 0 Å². The molecule has 1 N–H and O–H groups in total. The zero-order valence-corrected chi connectivity index (χ0v) is 18.7. The highest BCUT2D eigenvalue weighted by atomic mass is 16.3. The van der Waals surface area contributed by atoms with Gasteiger partial charge in [0.15, 0.2) is 0 Å². The number of carbonyl (C=O) groups is 2. The van der Waals surface area contributed by atoms with Crippen LogP contribution in [-0.4, -0.2) is 66.4 Å². The van der Waals surface area contributed by atoms with Crippen molar-refractivity contribution >= 4 is 28.6 Å². The summed E-state index contributed by atoms with van der Waals surface area (Å²) in [6.45, 7) is 5.22. The fourth-order valence-electron chi connectivity index (χ4n) is 4.15. The number of hydrogen-bond donors (Lipinski definition) is 1. The standard InChI is InChI=1S/C25H30N4O3/c1-3-22-21(20-11-7-8-12-23(20)32-22)17-27(2)18-24(30)28-13-15-29(16-14-28)25(31)26-19-9-5-4-6-10-19/h4-12H,3,13-18H2,1-2H3,(H,26,31). The number of fused-ring (bicyclic) bond motifs is 1. The summed E-state index contributed by atoms with van der Waals surface area (Å²) in [7, 11) is 1.96. The largest absolute Gasteiger partial charge is 0.461 e. The number of hydrogen-bond acceptors (Lipinski definition) is 4. The number of aryl methyl sites for hydroxylation is 1. The van der Waals surface area contributed by atoms with Crippen molar-refractivity contribution in [3.8, 4) is 0 Å². The number of benzene rings is 2. The first-order valence-corrected chi connectivity index (χ1v) is 11.1. The minimum absolute atomic E-state index is 0.0847. The second-order valence-corrected chi connectivity index (χ2v) is 8.19. The van der Waals surface area contributed by atoms with E-state index in [-0.39, 0.29) is 11.9 Å². The van der Waals surface area contributed by atoms with Gasteiger partial charge in [-0.15, -0.1) is 0 Å². The molecule has 0 unspecified atom stereocenters. The Morgan fingerprint density at radius 1 is 0.969 bits per heavy atom. The summed E-state index contributed by atoms with van der Waals surface area (Å²) in [6, 6.07) is 17.3. The van der Waals surface area contributed by atoms with Crippen molar-refractivity contribution < 1.29 is 14.0 Å². The topological polar surface area (TPSA) is 69.0 Å². The molecule has 7 nitrogen and oxygen atoms in total. The highest BCUT2D eigenvalue weighted by Crippen LogP contribution is 2.27. The first-order valence-electron chi connectivity index (χ1n) is 11.1. The second-order valence-electron chi connectivity index (χ2n) is 8.19. The highest BCUT2D eigenvalue weighted by Gasteiger charge is 2.25. The van der Waals surface area contributed by atoms with E-state index in [9.17, 15) is 9.59 Å². The minimum atomic E-state index is -0.126. The average molecular weight is 435 g/mol. The quantitative estimate of drug-likeness (QED) is 0.641. The van der Waals surface area contributed by atoms with Gasteiger partial charge in [-0.05, 0) is 25.2 Å². The van der Waals surface area contributed by atoms with Gasteiger partial charge in [0, 0.05) is 55.8 Å². The van der Waals surface area contributed by atoms with Gasteiger partial charge in [0.05, 0.1) is 6.54 Å². The number of likely N-dealkylation sites (N-methyl/N-ethyl adjacent to an activating group) is 1. The number of amides is 3. The van der Waals surface area contributed by atoms with Gasteiger partial charge in [0.1, 0.15) is 11.3 Å². The molecule has 1 aliphatic heterocycles. The maximum absolute atomic E-state index is 12.9. The lowest BCUT2D eigenvalue weighted by Gasteiger charge is -2.35. The third-order valence-corrected chi connectivity index (χ3v) is 5.88. The van der Waals surface area contributed by atoms with E-state index in [2.05, 4.69) is 18.3 Å². The van der Waals surface area contributed by atoms with E-state index in [0.717, 1.165) is 34.4 Å². The van der Waals surface area contributed by atoms with Gasteiger partial charge < -0.3 is 19.5 Å². The lowest BCUT2D eigenvalue weighted by atomic mass is 10.1. The Labute approximate surface area is 188 Å². The zero-order valence-electron chi connectivity index (χ0n) is 18.7. The normalized spacial score (nSPS) is 14.2. The first-order chi connectivity index (χ1) is 15.5. The lowest BCUT2D eigenvalue weighted by Crippen LogP contribution is -2.53. The number of nitrogens with one attached hydrogen (secondary N) is 1. The van der Waals surface area contributed by atoms with Crippen molar-refractivity contribution in [3.05, 3.63) is 65.9 Å². The van der Waals surface area contributed by atoms with E-state index in [4.69, 9.17) is 4.42 Å². The van der Waals surface area contributed by atoms with Crippen LogP contribution in [0.15, 0.2) is 59.0 Å². The summed E-state index contributed by atoms with van der Waals surface area (Å²) >= 11 is 0. The molecule has 32 heavy (non-hydrogen) atoms. The number of para-hydroxylation sites is 2. The van der Waals surface area contributed by atoms with Gasteiger partial charge in [0.2, 0.25) is 5.91 Å². The van der Waals surface area contributed by atoms with Crippen LogP contribution in [0.1, 0.15) is 18.2 Å². The van der Waals surface area contributed by atoms with Crippen molar-refractivity contribution in [2.24, 2.45) is 0 Å². The minimum Gasteiger partial charge on any atom is -0.461 e. The van der Waals surface area contributed by atoms with Crippen molar-refractivity contribution in [1.82, 2.24) is 14.7 Å². The molecule has 1 aromatic heterocycles. The van der Waals surface area contributed by atoms with Crippen molar-refractivity contribution in [2.45, 2.75) is 19.9 Å². The number of furan rings is 1. The number of urea groups is 1. The Morgan fingerprint density at radius 2 is 1.62 bits per heavy atom. The van der Waals surface area contributed by atoms with Crippen LogP contribution in [0.3, 0.4) is 0 Å². The van der Waals surface area contributed by atoms with E-state index in [1.54, 1.807) is 4.90 Å². The number of anilines is 1. The molecule has 0 saturated carbocycles. The van der Waals surface area contributed by atoms with E-state index in [1.165, 1.54) is 0 Å². The summed E-state index contributed by atoms with van der Waals surface area (Å²) < 4.78 is 5.98. The van der Waals surface area contributed by atoms with E-state index in [0.29, 0.717) is 39.3 Å². The van der Waals surface area contributed by atoms with Gasteiger partial charge in [-0.2, -0.15) is 0 Å². The summed E-state index contributed by atoms with van der Waals surface area (Å²) in [5, 5.41) is 4.02. The SMILES string of the molecule is CCc1oc2ccccc2c1CN(C)CC(=O)N1CCN(C(=O)Nc2ccccc2)CC1. The van der Waals surface area contributed by atoms with Gasteiger partial charge in [-0.1, -0.05) is 43.3 Å². The van der Waals surface area contributed by atoms with E-state index in [1.807, 2.05) is 65.4 Å². The third kappa shape index (κ3) is 4.94. The third-order valence-electron chi connectivity index (χ3n) is 5.88. The maximum atomic E-state index is 12.9. The molecule has 4 rings (SSSR count). The van der Waals surface area contributed by atoms with Gasteiger partial charge >= 0.3 is 6.03 Å². The van der Waals surface area contributed by atoms with Gasteiger partial charge in [0.25, 0.3) is 0 Å². The molecule has 2 heterocycles. The number of carbonyl (C=O) groups excluding carboxylic acids is 2. The molecule has 0 radical (unpaired) electrons. The average Bonchev–Trinajstić information content (AvgIpc) is 3.17. The van der Waals surface area contributed by atoms with E-state index < -0.39 is 0 Å². The number of nitrogens with zero attached hydrogens (tertiary/aromatic N) is 3. The van der Waals surface area contributed by atoms with Crippen molar-refractivity contribution in [2.75, 3.05) is 45.1 Å². The maximum Gasteiger partial charge on any atom is 0.321 e. The van der Waals surface area contributed by atoms with Crippen LogP contribution in [0, 0.1) is 0 Å². The van der Waals surface area contributed by atoms with Crippen LogP contribution < -0.4 is 5.32 Å². The fourth-order valence-corrected chi connectivity index (χ4v) is 4.15. The van der Waals surface area contributed by atoms with E-state index >= 15 is 0 Å². The predicted molar refractivity (Wildman–Crippen MR) is 126 cm³/mol. The summed E-state index contributed by atoms with van der Waals surface area (Å²) in [5.41, 5.74) is 2.82. The molecule has 1 fully saturated rings. The zero-order chi connectivity index (χ0) is 22.5. The predicted octanol–water partition coefficient (Wildman–Crippen LogP) is 3.80. The van der Waals surface area contributed by atoms with Crippen LogP contribution in [0.5, 0.6) is 0 Å². The van der Waals surface area contributed by atoms with Crippen LogP contribution in [0.2, 0.25) is 0 Å². The Balaban J connectivity index is 1.29. The summed E-state index contributed by atoms with van der Waals surface area (Å²) in [6.07, 6.45) is 0.818. The Morgan fingerprint density at radius 3 is 2.34 bits per heavy atom. The van der Waals surface area contributed by atoms with Crippen LogP contribution in [0.4, 0.5) is 10.5 Å². The van der Waals surface area contributed by atoms with Gasteiger partial charge in [-0.25, -0.2) is 4.79 Å². The molecule has 1 aliphatic rings. The van der Waals surface area contributed by atoms with Crippen LogP contribution in [0.25, 0.3) is 11.0 Å². The van der Waals surface area contributed by atoms with Crippen molar-refractivity contribution in [1.29, 1.82) is 0 Å². The molecule has 3 amide bonds.